The topological polar surface area (TPSA) is 57.7 Å². The van der Waals surface area contributed by atoms with Gasteiger partial charge in [0.2, 0.25) is 15.9 Å². The van der Waals surface area contributed by atoms with E-state index in [1.807, 2.05) is 17.0 Å². The summed E-state index contributed by atoms with van der Waals surface area (Å²) in [5, 5.41) is 0. The van der Waals surface area contributed by atoms with Gasteiger partial charge in [0.25, 0.3) is 0 Å². The molecule has 5 nitrogen and oxygen atoms in total. The second-order valence-corrected chi connectivity index (χ2v) is 10.7. The first-order chi connectivity index (χ1) is 13.0. The summed E-state index contributed by atoms with van der Waals surface area (Å²) in [4.78, 5) is 15.6. The van der Waals surface area contributed by atoms with Crippen LogP contribution in [0, 0.1) is 17.8 Å². The van der Waals surface area contributed by atoms with Crippen LogP contribution in [0.3, 0.4) is 0 Å². The van der Waals surface area contributed by atoms with Gasteiger partial charge < -0.3 is 4.90 Å². The number of anilines is 1. The Morgan fingerprint density at radius 1 is 1.00 bits per heavy atom. The minimum atomic E-state index is -3.40. The maximum atomic E-state index is 13.2. The molecule has 1 saturated heterocycles. The Morgan fingerprint density at radius 2 is 1.81 bits per heavy atom. The second-order valence-electron chi connectivity index (χ2n) is 8.78. The zero-order valence-corrected chi connectivity index (χ0v) is 16.6. The summed E-state index contributed by atoms with van der Waals surface area (Å²) in [5.74, 6) is 1.78. The summed E-state index contributed by atoms with van der Waals surface area (Å²) in [7, 11) is -3.40. The van der Waals surface area contributed by atoms with E-state index in [2.05, 4.69) is 0 Å². The average Bonchev–Trinajstić information content (AvgIpc) is 3.44. The van der Waals surface area contributed by atoms with E-state index >= 15 is 0 Å². The third kappa shape index (κ3) is 2.92. The molecule has 0 radical (unpaired) electrons. The predicted octanol–water partition coefficient (Wildman–Crippen LogP) is 3.19. The summed E-state index contributed by atoms with van der Waals surface area (Å²) < 4.78 is 27.3. The van der Waals surface area contributed by atoms with Crippen LogP contribution in [0.1, 0.15) is 50.5 Å². The molecular weight excluding hydrogens is 360 g/mol. The summed E-state index contributed by atoms with van der Waals surface area (Å²) in [5.41, 5.74) is 1.95. The lowest BCUT2D eigenvalue weighted by atomic mass is 9.87. The molecule has 2 aliphatic heterocycles. The van der Waals surface area contributed by atoms with Crippen molar-refractivity contribution in [2.45, 2.75) is 56.3 Å². The molecule has 5 rings (SSSR count). The van der Waals surface area contributed by atoms with Crippen molar-refractivity contribution in [1.29, 1.82) is 0 Å². The van der Waals surface area contributed by atoms with Gasteiger partial charge in [0, 0.05) is 31.2 Å². The fraction of sp³-hybridized carbons (Fsp3) is 0.667. The lowest BCUT2D eigenvalue weighted by molar-refractivity contribution is -0.124. The Bertz CT molecular complexity index is 860. The van der Waals surface area contributed by atoms with Crippen molar-refractivity contribution in [3.63, 3.8) is 0 Å². The number of carbonyl (C=O) groups excluding carboxylic acids is 1. The monoisotopic (exact) mass is 388 g/mol. The molecule has 2 heterocycles. The Kier molecular flexibility index (Phi) is 4.32. The van der Waals surface area contributed by atoms with Gasteiger partial charge in [-0.05, 0) is 80.5 Å². The zero-order chi connectivity index (χ0) is 18.6. The standard InChI is InChI=1S/C21H28N2O3S/c24-21(19-13-15-5-6-16(19)12-15)23-11-3-4-17-14-18(7-8-20(17)23)27(25,26)22-9-1-2-10-22/h7-8,14-16,19H,1-6,9-13H2. The number of aryl methyl sites for hydroxylation is 1. The van der Waals surface area contributed by atoms with E-state index in [-0.39, 0.29) is 11.8 Å². The molecule has 1 amide bonds. The van der Waals surface area contributed by atoms with E-state index in [4.69, 9.17) is 0 Å². The number of fused-ring (bicyclic) bond motifs is 3. The fourth-order valence-electron chi connectivity index (χ4n) is 5.79. The molecule has 2 saturated carbocycles. The Labute approximate surface area is 161 Å². The predicted molar refractivity (Wildman–Crippen MR) is 104 cm³/mol. The van der Waals surface area contributed by atoms with Crippen molar-refractivity contribution in [2.24, 2.45) is 17.8 Å². The molecule has 0 spiro atoms. The van der Waals surface area contributed by atoms with Crippen molar-refractivity contribution >= 4 is 21.6 Å². The van der Waals surface area contributed by atoms with Crippen LogP contribution >= 0.6 is 0 Å². The highest BCUT2D eigenvalue weighted by atomic mass is 32.2. The molecule has 6 heteroatoms. The van der Waals surface area contributed by atoms with Gasteiger partial charge in [-0.1, -0.05) is 6.42 Å². The van der Waals surface area contributed by atoms with E-state index in [0.717, 1.165) is 55.8 Å². The lowest BCUT2D eigenvalue weighted by Gasteiger charge is -2.34. The van der Waals surface area contributed by atoms with Crippen LogP contribution in [-0.4, -0.2) is 38.3 Å². The molecule has 1 aromatic rings. The minimum absolute atomic E-state index is 0.183. The number of nitrogens with zero attached hydrogens (tertiary/aromatic N) is 2. The van der Waals surface area contributed by atoms with Gasteiger partial charge in [-0.15, -0.1) is 0 Å². The van der Waals surface area contributed by atoms with E-state index in [9.17, 15) is 13.2 Å². The molecule has 4 aliphatic rings. The van der Waals surface area contributed by atoms with Gasteiger partial charge in [-0.3, -0.25) is 4.79 Å². The number of rotatable bonds is 3. The number of hydrogen-bond donors (Lipinski definition) is 0. The van der Waals surface area contributed by atoms with Gasteiger partial charge in [0.15, 0.2) is 0 Å². The molecule has 2 bridgehead atoms. The molecule has 146 valence electrons. The highest BCUT2D eigenvalue weighted by Crippen LogP contribution is 2.49. The summed E-state index contributed by atoms with van der Waals surface area (Å²) in [6.45, 7) is 2.00. The first kappa shape index (κ1) is 17.7. The minimum Gasteiger partial charge on any atom is -0.312 e. The van der Waals surface area contributed by atoms with Gasteiger partial charge in [-0.2, -0.15) is 4.31 Å². The Hall–Kier alpha value is -1.40. The van der Waals surface area contributed by atoms with Gasteiger partial charge in [0.05, 0.1) is 4.90 Å². The molecule has 3 atom stereocenters. The number of amides is 1. The molecule has 2 aliphatic carbocycles. The van der Waals surface area contributed by atoms with E-state index in [0.29, 0.717) is 23.9 Å². The smallest absolute Gasteiger partial charge is 0.243 e. The van der Waals surface area contributed by atoms with Crippen LogP contribution in [-0.2, 0) is 21.2 Å². The van der Waals surface area contributed by atoms with E-state index in [1.54, 1.807) is 10.4 Å². The highest BCUT2D eigenvalue weighted by molar-refractivity contribution is 7.89. The fourth-order valence-corrected chi connectivity index (χ4v) is 7.36. The van der Waals surface area contributed by atoms with Gasteiger partial charge in [0.1, 0.15) is 0 Å². The van der Waals surface area contributed by atoms with E-state index < -0.39 is 10.0 Å². The molecule has 1 aromatic carbocycles. The van der Waals surface area contributed by atoms with Gasteiger partial charge >= 0.3 is 0 Å². The first-order valence-electron chi connectivity index (χ1n) is 10.5. The third-order valence-electron chi connectivity index (χ3n) is 7.19. The first-order valence-corrected chi connectivity index (χ1v) is 11.9. The second kappa shape index (κ2) is 6.59. The molecule has 3 unspecified atom stereocenters. The van der Waals surface area contributed by atoms with Crippen LogP contribution < -0.4 is 4.90 Å². The number of sulfonamides is 1. The van der Waals surface area contributed by atoms with Crippen LogP contribution in [0.25, 0.3) is 0 Å². The normalized spacial score (nSPS) is 30.7. The third-order valence-corrected chi connectivity index (χ3v) is 9.09. The maximum absolute atomic E-state index is 13.2. The largest absolute Gasteiger partial charge is 0.312 e. The van der Waals surface area contributed by atoms with Crippen molar-refractivity contribution in [2.75, 3.05) is 24.5 Å². The van der Waals surface area contributed by atoms with Crippen LogP contribution in [0.15, 0.2) is 23.1 Å². The lowest BCUT2D eigenvalue weighted by Crippen LogP contribution is -2.41. The highest BCUT2D eigenvalue weighted by Gasteiger charge is 2.45. The number of hydrogen-bond acceptors (Lipinski definition) is 3. The molecule has 0 aromatic heterocycles. The summed E-state index contributed by atoms with van der Waals surface area (Å²) in [6.07, 6.45) is 8.41. The SMILES string of the molecule is O=C(C1CC2CCC1C2)N1CCCc2cc(S(=O)(=O)N3CCCC3)ccc21. The van der Waals surface area contributed by atoms with Crippen molar-refractivity contribution in [1.82, 2.24) is 4.31 Å². The van der Waals surface area contributed by atoms with Gasteiger partial charge in [-0.25, -0.2) is 8.42 Å². The van der Waals surface area contributed by atoms with Crippen molar-refractivity contribution in [3.8, 4) is 0 Å². The van der Waals surface area contributed by atoms with Crippen LogP contribution in [0.5, 0.6) is 0 Å². The summed E-state index contributed by atoms with van der Waals surface area (Å²) in [6, 6.07) is 5.41. The van der Waals surface area contributed by atoms with Crippen LogP contribution in [0.2, 0.25) is 0 Å². The molecule has 3 fully saturated rings. The molecular formula is C21H28N2O3S. The van der Waals surface area contributed by atoms with Crippen molar-refractivity contribution < 1.29 is 13.2 Å². The molecule has 0 N–H and O–H groups in total. The van der Waals surface area contributed by atoms with Crippen molar-refractivity contribution in [3.05, 3.63) is 23.8 Å². The number of benzene rings is 1. The summed E-state index contributed by atoms with van der Waals surface area (Å²) >= 11 is 0. The molecule has 27 heavy (non-hydrogen) atoms. The Morgan fingerprint density at radius 3 is 2.52 bits per heavy atom. The Balaban J connectivity index is 1.42. The quantitative estimate of drug-likeness (QED) is 0.799. The zero-order valence-electron chi connectivity index (χ0n) is 15.8. The number of carbonyl (C=O) groups is 1. The maximum Gasteiger partial charge on any atom is 0.243 e. The van der Waals surface area contributed by atoms with E-state index in [1.165, 1.54) is 19.3 Å². The average molecular weight is 389 g/mol. The van der Waals surface area contributed by atoms with Crippen LogP contribution in [0.4, 0.5) is 5.69 Å².